The summed E-state index contributed by atoms with van der Waals surface area (Å²) in [4.78, 5) is 12.2. The number of carbonyl (C=O) groups excluding carboxylic acids is 1. The first-order valence-electron chi connectivity index (χ1n) is 9.32. The SMILES string of the molecule is Nc1ccc(CCCCc2nnc(NC(=O)Cc3ccc(OC(F)(F)F)cc3)[se]2)nn1. The van der Waals surface area contributed by atoms with Crippen molar-refractivity contribution in [3.05, 3.63) is 52.2 Å². The molecule has 2 aromatic heterocycles. The minimum atomic E-state index is -4.75. The van der Waals surface area contributed by atoms with E-state index in [2.05, 4.69) is 30.4 Å². The number of aromatic nitrogens is 4. The van der Waals surface area contributed by atoms with Gasteiger partial charge < -0.3 is 0 Å². The van der Waals surface area contributed by atoms with Gasteiger partial charge in [0.1, 0.15) is 0 Å². The number of nitrogens with zero attached hydrogens (tertiary/aromatic N) is 4. The number of halogens is 3. The number of hydrogen-bond donors (Lipinski definition) is 2. The zero-order valence-corrected chi connectivity index (χ0v) is 17.9. The molecule has 1 aromatic carbocycles. The Kier molecular flexibility index (Phi) is 7.59. The van der Waals surface area contributed by atoms with Crippen LogP contribution in [-0.2, 0) is 24.1 Å². The van der Waals surface area contributed by atoms with Gasteiger partial charge in [0, 0.05) is 0 Å². The molecule has 0 saturated heterocycles. The van der Waals surface area contributed by atoms with E-state index in [1.165, 1.54) is 24.3 Å². The molecule has 164 valence electrons. The van der Waals surface area contributed by atoms with Crippen LogP contribution in [0.25, 0.3) is 0 Å². The molecule has 8 nitrogen and oxygen atoms in total. The van der Waals surface area contributed by atoms with E-state index in [4.69, 9.17) is 5.73 Å². The van der Waals surface area contributed by atoms with Crippen molar-refractivity contribution in [2.45, 2.75) is 38.5 Å². The van der Waals surface area contributed by atoms with Gasteiger partial charge in [-0.1, -0.05) is 0 Å². The number of nitrogen functional groups attached to an aromatic ring is 1. The van der Waals surface area contributed by atoms with Crippen molar-refractivity contribution < 1.29 is 22.7 Å². The number of unbranched alkanes of at least 4 members (excludes halogenated alkanes) is 1. The van der Waals surface area contributed by atoms with Gasteiger partial charge in [-0.2, -0.15) is 0 Å². The number of nitrogens with one attached hydrogen (secondary N) is 1. The number of aryl methyl sites for hydroxylation is 2. The van der Waals surface area contributed by atoms with Crippen molar-refractivity contribution in [3.8, 4) is 5.75 Å². The van der Waals surface area contributed by atoms with Gasteiger partial charge in [-0.15, -0.1) is 0 Å². The van der Waals surface area contributed by atoms with E-state index < -0.39 is 6.36 Å². The number of hydrogen-bond acceptors (Lipinski definition) is 7. The summed E-state index contributed by atoms with van der Waals surface area (Å²) in [5.74, 6) is -0.240. The van der Waals surface area contributed by atoms with Gasteiger partial charge in [-0.05, 0) is 0 Å². The van der Waals surface area contributed by atoms with Gasteiger partial charge in [-0.25, -0.2) is 0 Å². The fraction of sp³-hybridized carbons (Fsp3) is 0.316. The van der Waals surface area contributed by atoms with E-state index in [0.29, 0.717) is 16.1 Å². The van der Waals surface area contributed by atoms with Crippen molar-refractivity contribution in [3.63, 3.8) is 0 Å². The molecule has 0 unspecified atom stereocenters. The van der Waals surface area contributed by atoms with Crippen LogP contribution in [0.2, 0.25) is 0 Å². The number of carbonyl (C=O) groups is 1. The Morgan fingerprint density at radius 3 is 2.42 bits per heavy atom. The minimum absolute atomic E-state index is 0.0133. The Labute approximate surface area is 181 Å². The summed E-state index contributed by atoms with van der Waals surface area (Å²) in [6.45, 7) is 0. The quantitative estimate of drug-likeness (QED) is 0.344. The van der Waals surface area contributed by atoms with Crippen LogP contribution in [0.5, 0.6) is 5.75 Å². The number of amides is 1. The first-order valence-corrected chi connectivity index (χ1v) is 11.0. The van der Waals surface area contributed by atoms with Crippen LogP contribution in [0.15, 0.2) is 36.4 Å². The van der Waals surface area contributed by atoms with Crippen LogP contribution >= 0.6 is 0 Å². The molecule has 0 aliphatic rings. The summed E-state index contributed by atoms with van der Waals surface area (Å²) in [7, 11) is 0. The summed E-state index contributed by atoms with van der Waals surface area (Å²) in [5, 5.41) is 18.7. The third-order valence-corrected chi connectivity index (χ3v) is 5.93. The monoisotopic (exact) mass is 500 g/mol. The number of anilines is 2. The molecule has 0 fully saturated rings. The molecule has 0 aliphatic carbocycles. The summed E-state index contributed by atoms with van der Waals surface area (Å²) >= 11 is -0.152. The zero-order valence-electron chi connectivity index (χ0n) is 16.2. The van der Waals surface area contributed by atoms with Crippen LogP contribution in [0.4, 0.5) is 23.7 Å². The summed E-state index contributed by atoms with van der Waals surface area (Å²) in [6.07, 6.45) is -1.32. The maximum absolute atomic E-state index is 12.2. The van der Waals surface area contributed by atoms with Crippen molar-refractivity contribution in [1.29, 1.82) is 0 Å². The molecule has 3 aromatic rings. The Morgan fingerprint density at radius 1 is 1.00 bits per heavy atom. The normalized spacial score (nSPS) is 11.3. The Hall–Kier alpha value is -2.98. The van der Waals surface area contributed by atoms with E-state index in [1.54, 1.807) is 6.07 Å². The van der Waals surface area contributed by atoms with Crippen LogP contribution < -0.4 is 15.8 Å². The van der Waals surface area contributed by atoms with Crippen LogP contribution in [0, 0.1) is 0 Å². The second-order valence-electron chi connectivity index (χ2n) is 6.57. The van der Waals surface area contributed by atoms with Crippen LogP contribution in [0.1, 0.15) is 28.7 Å². The molecule has 0 radical (unpaired) electrons. The van der Waals surface area contributed by atoms with Crippen LogP contribution in [-0.4, -0.2) is 47.2 Å². The predicted octanol–water partition coefficient (Wildman–Crippen LogP) is 2.55. The van der Waals surface area contributed by atoms with Crippen molar-refractivity contribution >= 4 is 30.9 Å². The third kappa shape index (κ3) is 7.99. The van der Waals surface area contributed by atoms with E-state index in [0.717, 1.165) is 35.9 Å². The van der Waals surface area contributed by atoms with Gasteiger partial charge in [0.25, 0.3) is 0 Å². The van der Waals surface area contributed by atoms with Crippen molar-refractivity contribution in [2.24, 2.45) is 0 Å². The molecule has 0 saturated carbocycles. The van der Waals surface area contributed by atoms with Gasteiger partial charge in [0.15, 0.2) is 0 Å². The molecule has 0 aliphatic heterocycles. The molecule has 3 N–H and O–H groups in total. The molecule has 2 heterocycles. The van der Waals surface area contributed by atoms with Gasteiger partial charge >= 0.3 is 182 Å². The summed E-state index contributed by atoms with van der Waals surface area (Å²) in [6, 6.07) is 8.74. The molecule has 0 atom stereocenters. The zero-order chi connectivity index (χ0) is 22.3. The molecule has 31 heavy (non-hydrogen) atoms. The molecule has 1 amide bonds. The van der Waals surface area contributed by atoms with Crippen molar-refractivity contribution in [2.75, 3.05) is 11.1 Å². The van der Waals surface area contributed by atoms with Gasteiger partial charge in [0.05, 0.1) is 0 Å². The maximum atomic E-state index is 12.2. The Morgan fingerprint density at radius 2 is 1.74 bits per heavy atom. The molecule has 3 rings (SSSR count). The average molecular weight is 499 g/mol. The van der Waals surface area contributed by atoms with E-state index in [1.807, 2.05) is 6.07 Å². The van der Waals surface area contributed by atoms with Crippen molar-refractivity contribution in [1.82, 2.24) is 20.4 Å². The van der Waals surface area contributed by atoms with Gasteiger partial charge in [0.2, 0.25) is 0 Å². The number of alkyl halides is 3. The fourth-order valence-electron chi connectivity index (χ4n) is 2.65. The fourth-order valence-corrected chi connectivity index (χ4v) is 4.32. The molecule has 0 bridgehead atoms. The van der Waals surface area contributed by atoms with E-state index in [9.17, 15) is 18.0 Å². The predicted molar refractivity (Wildman–Crippen MR) is 108 cm³/mol. The number of benzene rings is 1. The van der Waals surface area contributed by atoms with Crippen LogP contribution in [0.3, 0.4) is 0 Å². The molecular weight excluding hydrogens is 480 g/mol. The first kappa shape index (κ1) is 22.7. The topological polar surface area (TPSA) is 116 Å². The number of nitrogens with two attached hydrogens (primary N) is 1. The summed E-state index contributed by atoms with van der Waals surface area (Å²) < 4.78 is 41.8. The standard InChI is InChI=1S/C19H19F3N6O2Se/c20-19(21,22)30-14-8-5-12(6-9-14)11-16(29)24-18-28-27-17(31-18)4-2-1-3-13-7-10-15(23)26-25-13/h5-10H,1-4,11H2,(H2,23,26)(H,24,28,29). The van der Waals surface area contributed by atoms with E-state index in [-0.39, 0.29) is 32.6 Å². The Balaban J connectivity index is 1.40. The first-order chi connectivity index (χ1) is 14.8. The number of rotatable bonds is 9. The molecule has 12 heteroatoms. The second-order valence-corrected chi connectivity index (χ2v) is 8.80. The molecular formula is C19H19F3N6O2Se. The summed E-state index contributed by atoms with van der Waals surface area (Å²) in [5.41, 5.74) is 6.95. The average Bonchev–Trinajstić information content (AvgIpc) is 3.14. The van der Waals surface area contributed by atoms with Gasteiger partial charge in [-0.3, -0.25) is 0 Å². The number of ether oxygens (including phenoxy) is 1. The molecule has 0 spiro atoms. The Bertz CT molecular complexity index is 993. The third-order valence-electron chi connectivity index (χ3n) is 4.05. The second kappa shape index (κ2) is 10.4. The van der Waals surface area contributed by atoms with E-state index >= 15 is 0 Å².